The molecule has 0 aliphatic heterocycles. The van der Waals surface area contributed by atoms with Crippen LogP contribution in [-0.2, 0) is 25.6 Å². The van der Waals surface area contributed by atoms with Gasteiger partial charge in [-0.05, 0) is 5.56 Å². The average molecular weight is 236 g/mol. The lowest BCUT2D eigenvalue weighted by molar-refractivity contribution is -0.311. The first kappa shape index (κ1) is 13.5. The van der Waals surface area contributed by atoms with Gasteiger partial charge in [0.1, 0.15) is 12.7 Å². The summed E-state index contributed by atoms with van der Waals surface area (Å²) in [7, 11) is 4.33. The van der Waals surface area contributed by atoms with Gasteiger partial charge in [-0.1, -0.05) is 30.3 Å². The van der Waals surface area contributed by atoms with Crippen LogP contribution in [0, 0.1) is 12.0 Å². The molecule has 0 aromatic heterocycles. The molecule has 0 heterocycles. The van der Waals surface area contributed by atoms with Crippen molar-refractivity contribution in [3.63, 3.8) is 0 Å². The van der Waals surface area contributed by atoms with Crippen LogP contribution in [0.3, 0.4) is 0 Å². The van der Waals surface area contributed by atoms with Crippen LogP contribution >= 0.6 is 0 Å². The predicted molar refractivity (Wildman–Crippen MR) is 62.8 cm³/mol. The summed E-state index contributed by atoms with van der Waals surface area (Å²) < 4.78 is 20.2. The highest BCUT2D eigenvalue weighted by molar-refractivity contribution is 5.14. The van der Waals surface area contributed by atoms with Crippen molar-refractivity contribution in [3.05, 3.63) is 35.9 Å². The Morgan fingerprint density at radius 2 is 1.59 bits per heavy atom. The molecule has 0 bridgehead atoms. The lowest BCUT2D eigenvalue weighted by Gasteiger charge is -2.21. The lowest BCUT2D eigenvalue weighted by Crippen LogP contribution is -2.34. The van der Waals surface area contributed by atoms with Crippen LogP contribution in [-0.4, -0.2) is 27.3 Å². The van der Waals surface area contributed by atoms with Gasteiger partial charge in [-0.15, -0.1) is 0 Å². The third-order valence-corrected chi connectivity index (χ3v) is 2.16. The van der Waals surface area contributed by atoms with Crippen molar-refractivity contribution in [2.45, 2.75) is 12.6 Å². The van der Waals surface area contributed by atoms with Gasteiger partial charge < -0.3 is 18.9 Å². The normalized spacial score (nSPS) is 10.5. The Balaban J connectivity index is 2.50. The lowest BCUT2D eigenvalue weighted by atomic mass is 10.2. The summed E-state index contributed by atoms with van der Waals surface area (Å²) in [5, 5.41) is 0. The van der Waals surface area contributed by atoms with Gasteiger partial charge in [0.2, 0.25) is 0 Å². The van der Waals surface area contributed by atoms with Crippen LogP contribution < -0.4 is 0 Å². The topological polar surface area (TPSA) is 36.9 Å². The maximum atomic E-state index is 5.18. The van der Waals surface area contributed by atoms with Crippen LogP contribution in [0.25, 0.3) is 0 Å². The smallest absolute Gasteiger partial charge is 0.355 e. The second-order valence-electron chi connectivity index (χ2n) is 3.17. The average Bonchev–Trinajstić information content (AvgIpc) is 2.41. The second-order valence-corrected chi connectivity index (χ2v) is 3.17. The fraction of sp³-hybridized carbons (Fsp3) is 0.385. The largest absolute Gasteiger partial charge is 0.442 e. The molecule has 0 N–H and O–H groups in total. The van der Waals surface area contributed by atoms with Crippen LogP contribution in [0.5, 0.6) is 0 Å². The monoisotopic (exact) mass is 236 g/mol. The van der Waals surface area contributed by atoms with Crippen molar-refractivity contribution < 1.29 is 18.9 Å². The van der Waals surface area contributed by atoms with E-state index >= 15 is 0 Å². The number of hydrogen-bond donors (Lipinski definition) is 0. The van der Waals surface area contributed by atoms with E-state index in [1.165, 1.54) is 21.3 Å². The Morgan fingerprint density at radius 3 is 2.12 bits per heavy atom. The highest BCUT2D eigenvalue weighted by atomic mass is 16.9. The molecule has 0 aliphatic rings. The summed E-state index contributed by atoms with van der Waals surface area (Å²) >= 11 is 0. The van der Waals surface area contributed by atoms with E-state index in [9.17, 15) is 0 Å². The predicted octanol–water partition coefficient (Wildman–Crippen LogP) is 1.76. The Labute approximate surface area is 101 Å². The number of ether oxygens (including phenoxy) is 4. The van der Waals surface area contributed by atoms with E-state index in [0.717, 1.165) is 5.56 Å². The molecule has 4 heteroatoms. The minimum atomic E-state index is -1.36. The van der Waals surface area contributed by atoms with Crippen molar-refractivity contribution in [2.75, 3.05) is 21.3 Å². The molecule has 0 atom stereocenters. The highest BCUT2D eigenvalue weighted by Crippen LogP contribution is 2.09. The Morgan fingerprint density at radius 1 is 1.00 bits per heavy atom. The maximum absolute atomic E-state index is 5.18. The molecule has 17 heavy (non-hydrogen) atoms. The van der Waals surface area contributed by atoms with E-state index in [2.05, 4.69) is 12.0 Å². The van der Waals surface area contributed by atoms with Crippen molar-refractivity contribution >= 4 is 0 Å². The molecule has 1 rings (SSSR count). The van der Waals surface area contributed by atoms with Crippen LogP contribution in [0.2, 0.25) is 0 Å². The summed E-state index contributed by atoms with van der Waals surface area (Å²) in [6.07, 6.45) is 2.50. The van der Waals surface area contributed by atoms with Crippen molar-refractivity contribution in [1.82, 2.24) is 0 Å². The standard InChI is InChI=1S/C13H16O4/c1-14-13(15-2,16-3)9-10-17-11-12-7-5-4-6-8-12/h4-8H,11H2,1-3H3. The zero-order chi connectivity index (χ0) is 12.6. The van der Waals surface area contributed by atoms with E-state index in [4.69, 9.17) is 18.9 Å². The van der Waals surface area contributed by atoms with Gasteiger partial charge in [-0.2, -0.15) is 0 Å². The third kappa shape index (κ3) is 4.08. The first-order valence-electron chi connectivity index (χ1n) is 5.09. The number of hydrogen-bond acceptors (Lipinski definition) is 4. The van der Waals surface area contributed by atoms with Gasteiger partial charge in [0, 0.05) is 27.2 Å². The quantitative estimate of drug-likeness (QED) is 0.576. The number of benzene rings is 1. The molecule has 0 amide bonds. The van der Waals surface area contributed by atoms with Crippen molar-refractivity contribution in [2.24, 2.45) is 0 Å². The molecule has 0 unspecified atom stereocenters. The van der Waals surface area contributed by atoms with E-state index in [-0.39, 0.29) is 0 Å². The van der Waals surface area contributed by atoms with Crippen molar-refractivity contribution in [1.29, 1.82) is 0 Å². The summed E-state index contributed by atoms with van der Waals surface area (Å²) in [6, 6.07) is 9.74. The van der Waals surface area contributed by atoms with Crippen LogP contribution in [0.1, 0.15) is 5.56 Å². The number of rotatable bonds is 5. The molecule has 4 nitrogen and oxygen atoms in total. The summed E-state index contributed by atoms with van der Waals surface area (Å²) in [6.45, 7) is 0.404. The highest BCUT2D eigenvalue weighted by Gasteiger charge is 2.26. The molecular weight excluding hydrogens is 220 g/mol. The van der Waals surface area contributed by atoms with Crippen LogP contribution in [0.4, 0.5) is 0 Å². The second kappa shape index (κ2) is 6.92. The van der Waals surface area contributed by atoms with E-state index in [0.29, 0.717) is 6.61 Å². The fourth-order valence-corrected chi connectivity index (χ4v) is 1.20. The zero-order valence-corrected chi connectivity index (χ0v) is 10.2. The van der Waals surface area contributed by atoms with Crippen molar-refractivity contribution in [3.8, 4) is 12.0 Å². The third-order valence-electron chi connectivity index (χ3n) is 2.16. The molecule has 1 aromatic rings. The molecule has 0 radical (unpaired) electrons. The summed E-state index contributed by atoms with van der Waals surface area (Å²) in [5.74, 6) is 1.25. The first-order valence-corrected chi connectivity index (χ1v) is 5.09. The summed E-state index contributed by atoms with van der Waals surface area (Å²) in [4.78, 5) is 0. The Kier molecular flexibility index (Phi) is 5.50. The first-order chi connectivity index (χ1) is 8.26. The van der Waals surface area contributed by atoms with Gasteiger partial charge in [0.15, 0.2) is 0 Å². The molecule has 0 spiro atoms. The molecule has 92 valence electrons. The molecule has 0 saturated carbocycles. The molecular formula is C13H16O4. The summed E-state index contributed by atoms with van der Waals surface area (Å²) in [5.41, 5.74) is 1.04. The van der Waals surface area contributed by atoms with Gasteiger partial charge in [-0.25, -0.2) is 0 Å². The van der Waals surface area contributed by atoms with Crippen LogP contribution in [0.15, 0.2) is 30.3 Å². The minimum absolute atomic E-state index is 0.404. The van der Waals surface area contributed by atoms with Gasteiger partial charge in [-0.3, -0.25) is 0 Å². The fourth-order valence-electron chi connectivity index (χ4n) is 1.20. The Bertz CT molecular complexity index is 365. The van der Waals surface area contributed by atoms with E-state index < -0.39 is 5.97 Å². The van der Waals surface area contributed by atoms with E-state index in [1.54, 1.807) is 0 Å². The molecule has 0 aliphatic carbocycles. The molecule has 0 fully saturated rings. The van der Waals surface area contributed by atoms with Gasteiger partial charge in [0.05, 0.1) is 0 Å². The Hall–Kier alpha value is -1.54. The van der Waals surface area contributed by atoms with Gasteiger partial charge in [0.25, 0.3) is 0 Å². The molecule has 0 saturated heterocycles. The van der Waals surface area contributed by atoms with Gasteiger partial charge >= 0.3 is 5.97 Å². The number of methoxy groups -OCH3 is 3. The van der Waals surface area contributed by atoms with E-state index in [1.807, 2.05) is 30.3 Å². The minimum Gasteiger partial charge on any atom is -0.442 e. The molecule has 1 aromatic carbocycles. The maximum Gasteiger partial charge on any atom is 0.355 e. The zero-order valence-electron chi connectivity index (χ0n) is 10.2. The SMILES string of the molecule is COC(C#COCc1ccccc1)(OC)OC.